The Morgan fingerprint density at radius 2 is 1.20 bits per heavy atom. The van der Waals surface area contributed by atoms with Crippen LogP contribution in [0.2, 0.25) is 0 Å². The predicted molar refractivity (Wildman–Crippen MR) is 205 cm³/mol. The van der Waals surface area contributed by atoms with Crippen molar-refractivity contribution in [3.05, 3.63) is 89.5 Å². The first kappa shape index (κ1) is 45.4. The number of benzene rings is 3. The summed E-state index contributed by atoms with van der Waals surface area (Å²) in [6.07, 6.45) is -17.5. The van der Waals surface area contributed by atoms with Crippen LogP contribution in [-0.4, -0.2) is 144 Å². The zero-order valence-corrected chi connectivity index (χ0v) is 33.2. The number of carboxylic acids is 1. The van der Waals surface area contributed by atoms with Crippen LogP contribution in [0.25, 0.3) is 0 Å². The molecule has 18 nitrogen and oxygen atoms in total. The highest BCUT2D eigenvalue weighted by atomic mass is 16.7. The lowest BCUT2D eigenvalue weighted by Gasteiger charge is -2.45. The Bertz CT molecular complexity index is 1850. The van der Waals surface area contributed by atoms with Crippen molar-refractivity contribution < 1.29 is 78.2 Å². The minimum absolute atomic E-state index is 0.122. The number of hydrogen-bond acceptors (Lipinski definition) is 15. The number of aliphatic hydroxyl groups excluding tert-OH is 4. The van der Waals surface area contributed by atoms with E-state index in [4.69, 9.17) is 33.2 Å². The van der Waals surface area contributed by atoms with Crippen LogP contribution in [0.4, 0.5) is 0 Å². The molecule has 3 aromatic rings. The van der Waals surface area contributed by atoms with Crippen molar-refractivity contribution in [3.63, 3.8) is 0 Å². The Balaban J connectivity index is 1.27. The number of hydrogen-bond donors (Lipinski definition) is 8. The number of nitrogens with one attached hydrogen (secondary N) is 2. The van der Waals surface area contributed by atoms with E-state index in [1.807, 2.05) is 31.2 Å². The van der Waals surface area contributed by atoms with E-state index >= 15 is 0 Å². The minimum atomic E-state index is -1.91. The normalized spacial score (nSPS) is 28.4. The molecule has 6 unspecified atom stereocenters. The van der Waals surface area contributed by atoms with Crippen LogP contribution in [-0.2, 0) is 43.7 Å². The minimum Gasteiger partial charge on any atom is -0.497 e. The van der Waals surface area contributed by atoms with E-state index in [1.165, 1.54) is 7.11 Å². The number of amides is 2. The van der Waals surface area contributed by atoms with Gasteiger partial charge in [0, 0.05) is 27.3 Å². The van der Waals surface area contributed by atoms with Crippen molar-refractivity contribution >= 4 is 17.8 Å². The Hall–Kier alpha value is -4.73. The number of methoxy groups -OCH3 is 3. The zero-order chi connectivity index (χ0) is 43.0. The SMILES string of the molecule is CCC(C(=O)NCCNC(=O)C1O[C@@H](O[C@@H]2C(C(=O)O)O[C@@H](OC)C(O)[C@H]2O)C(O)[C@@H](O)[C@@H]1OC)C(O)(c1ccc(OC)cc1)c1ccc(Oc2ccc(C)cc2)cc1. The second-order valence-electron chi connectivity index (χ2n) is 14.2. The lowest BCUT2D eigenvalue weighted by molar-refractivity contribution is -0.348. The standard InChI is InChI=1S/C41H52N2O16/c1-6-27(41(52,22-9-15-24(53-3)16-10-22)23-11-17-26(18-12-23)56-25-13-7-21(2)8-14-25)36(48)42-19-20-43-37(49)34-32(54-4)28(44)31(47)40(58-34)57-33-29(45)30(46)39(55-5)59-35(33)38(50)51/h7-18,27-35,39-40,44-47,52H,6,19-20H2,1-5H3,(H,42,48)(H,43,49)(H,50,51)/t27?,28-,29-,30?,31?,32+,33+,34?,35?,39-,40-,41?/m1/s1. The number of carbonyl (C=O) groups is 3. The molecular formula is C41H52N2O16. The largest absolute Gasteiger partial charge is 0.497 e. The van der Waals surface area contributed by atoms with Crippen LogP contribution >= 0.6 is 0 Å². The van der Waals surface area contributed by atoms with Crippen LogP contribution in [0.5, 0.6) is 17.2 Å². The Labute approximate surface area is 340 Å². The number of aryl methyl sites for hydroxylation is 1. The van der Waals surface area contributed by atoms with Crippen LogP contribution in [0.1, 0.15) is 30.0 Å². The fourth-order valence-electron chi connectivity index (χ4n) is 7.16. The summed E-state index contributed by atoms with van der Waals surface area (Å²) < 4.78 is 37.9. The Morgan fingerprint density at radius 1 is 0.695 bits per heavy atom. The maximum atomic E-state index is 13.9. The third-order valence-electron chi connectivity index (χ3n) is 10.4. The summed E-state index contributed by atoms with van der Waals surface area (Å²) >= 11 is 0. The van der Waals surface area contributed by atoms with Crippen LogP contribution in [0.3, 0.4) is 0 Å². The molecule has 0 saturated carbocycles. The first-order chi connectivity index (χ1) is 28.2. The summed E-state index contributed by atoms with van der Waals surface area (Å²) in [4.78, 5) is 39.3. The maximum absolute atomic E-state index is 13.9. The zero-order valence-electron chi connectivity index (χ0n) is 33.2. The monoisotopic (exact) mass is 828 g/mol. The van der Waals surface area contributed by atoms with Gasteiger partial charge in [-0.15, -0.1) is 0 Å². The average Bonchev–Trinajstić information content (AvgIpc) is 3.23. The van der Waals surface area contributed by atoms with Gasteiger partial charge in [0.2, 0.25) is 5.91 Å². The van der Waals surface area contributed by atoms with Gasteiger partial charge in [0.25, 0.3) is 5.91 Å². The molecule has 2 heterocycles. The van der Waals surface area contributed by atoms with E-state index in [2.05, 4.69) is 10.6 Å². The molecule has 2 fully saturated rings. The van der Waals surface area contributed by atoms with Crippen LogP contribution in [0, 0.1) is 12.8 Å². The third-order valence-corrected chi connectivity index (χ3v) is 10.4. The molecular weight excluding hydrogens is 776 g/mol. The summed E-state index contributed by atoms with van der Waals surface area (Å²) in [7, 11) is 3.80. The average molecular weight is 829 g/mol. The molecule has 2 saturated heterocycles. The van der Waals surface area contributed by atoms with Gasteiger partial charge in [-0.25, -0.2) is 4.79 Å². The topological polar surface area (TPSA) is 261 Å². The van der Waals surface area contributed by atoms with Gasteiger partial charge < -0.3 is 74.4 Å². The van der Waals surface area contributed by atoms with E-state index < -0.39 is 90.7 Å². The summed E-state index contributed by atoms with van der Waals surface area (Å²) in [5, 5.41) is 70.3. The number of rotatable bonds is 17. The van der Waals surface area contributed by atoms with Crippen molar-refractivity contribution in [1.82, 2.24) is 10.6 Å². The van der Waals surface area contributed by atoms with Gasteiger partial charge in [0.1, 0.15) is 59.5 Å². The van der Waals surface area contributed by atoms with E-state index in [-0.39, 0.29) is 19.5 Å². The predicted octanol–water partition coefficient (Wildman–Crippen LogP) is 0.315. The Morgan fingerprint density at radius 3 is 1.73 bits per heavy atom. The number of aliphatic carboxylic acids is 1. The number of carboxylic acid groups (broad SMARTS) is 1. The molecule has 3 aromatic carbocycles. The van der Waals surface area contributed by atoms with E-state index in [1.54, 1.807) is 55.5 Å². The fraction of sp³-hybridized carbons (Fsp3) is 0.488. The van der Waals surface area contributed by atoms with Gasteiger partial charge in [0.05, 0.1) is 13.0 Å². The highest BCUT2D eigenvalue weighted by Gasteiger charge is 2.54. The molecule has 2 amide bonds. The molecule has 8 N–H and O–H groups in total. The van der Waals surface area contributed by atoms with Gasteiger partial charge in [-0.1, -0.05) is 48.9 Å². The summed E-state index contributed by atoms with van der Waals surface area (Å²) in [6.45, 7) is 3.43. The van der Waals surface area contributed by atoms with E-state index in [0.29, 0.717) is 28.4 Å². The molecule has 59 heavy (non-hydrogen) atoms. The van der Waals surface area contributed by atoms with Gasteiger partial charge in [-0.2, -0.15) is 0 Å². The second kappa shape index (κ2) is 20.0. The van der Waals surface area contributed by atoms with Gasteiger partial charge >= 0.3 is 5.97 Å². The molecule has 2 aliphatic rings. The lowest BCUT2D eigenvalue weighted by atomic mass is 9.74. The van der Waals surface area contributed by atoms with Crippen molar-refractivity contribution in [2.75, 3.05) is 34.4 Å². The molecule has 322 valence electrons. The van der Waals surface area contributed by atoms with Crippen molar-refractivity contribution in [3.8, 4) is 17.2 Å². The highest BCUT2D eigenvalue weighted by molar-refractivity contribution is 5.83. The third kappa shape index (κ3) is 10.0. The fourth-order valence-corrected chi connectivity index (χ4v) is 7.16. The quantitative estimate of drug-likeness (QED) is 0.0852. The second-order valence-corrected chi connectivity index (χ2v) is 14.2. The molecule has 5 rings (SSSR count). The Kier molecular flexibility index (Phi) is 15.4. The van der Waals surface area contributed by atoms with E-state index in [9.17, 15) is 45.0 Å². The number of carbonyl (C=O) groups excluding carboxylic acids is 2. The molecule has 0 radical (unpaired) electrons. The highest BCUT2D eigenvalue weighted by Crippen LogP contribution is 2.40. The number of aliphatic hydroxyl groups is 5. The van der Waals surface area contributed by atoms with Gasteiger partial charge in [-0.3, -0.25) is 9.59 Å². The van der Waals surface area contributed by atoms with Crippen molar-refractivity contribution in [2.45, 2.75) is 87.3 Å². The van der Waals surface area contributed by atoms with Crippen LogP contribution in [0.15, 0.2) is 72.8 Å². The molecule has 0 spiro atoms. The maximum Gasteiger partial charge on any atom is 0.335 e. The molecule has 0 bridgehead atoms. The summed E-state index contributed by atoms with van der Waals surface area (Å²) in [5.74, 6) is -2.33. The molecule has 18 heteroatoms. The number of ether oxygens (including phenoxy) is 7. The lowest BCUT2D eigenvalue weighted by Crippen LogP contribution is -2.66. The molecule has 2 aliphatic heterocycles. The summed E-state index contributed by atoms with van der Waals surface area (Å²) in [6, 6.07) is 21.0. The smallest absolute Gasteiger partial charge is 0.335 e. The first-order valence-electron chi connectivity index (χ1n) is 18.9. The molecule has 12 atom stereocenters. The van der Waals surface area contributed by atoms with Crippen LogP contribution < -0.4 is 20.1 Å². The van der Waals surface area contributed by atoms with Crippen molar-refractivity contribution in [2.24, 2.45) is 5.92 Å². The molecule has 0 aliphatic carbocycles. The summed E-state index contributed by atoms with van der Waals surface area (Å²) in [5.41, 5.74) is 0.0916. The van der Waals surface area contributed by atoms with Gasteiger partial charge in [0.15, 0.2) is 24.8 Å². The molecule has 0 aromatic heterocycles. The first-order valence-corrected chi connectivity index (χ1v) is 18.9. The van der Waals surface area contributed by atoms with Crippen molar-refractivity contribution in [1.29, 1.82) is 0 Å². The van der Waals surface area contributed by atoms with E-state index in [0.717, 1.165) is 19.8 Å². The van der Waals surface area contributed by atoms with Gasteiger partial charge in [-0.05, 0) is 60.9 Å².